The third kappa shape index (κ3) is 6.18. The summed E-state index contributed by atoms with van der Waals surface area (Å²) < 4.78 is 0. The zero-order valence-electron chi connectivity index (χ0n) is 33.6. The summed E-state index contributed by atoms with van der Waals surface area (Å²) in [7, 11) is 0. The predicted octanol–water partition coefficient (Wildman–Crippen LogP) is 15.4. The highest BCUT2D eigenvalue weighted by Crippen LogP contribution is 2.52. The molecule has 8 aromatic carbocycles. The molecule has 0 unspecified atom stereocenters. The first kappa shape index (κ1) is 35.4. The Kier molecular flexibility index (Phi) is 8.57. The van der Waals surface area contributed by atoms with Crippen molar-refractivity contribution >= 4 is 66.4 Å². The van der Waals surface area contributed by atoms with Gasteiger partial charge in [0.15, 0.2) is 0 Å². The molecule has 8 aromatic rings. The Balaban J connectivity index is 1.55. The van der Waals surface area contributed by atoms with Gasteiger partial charge in [-0.1, -0.05) is 131 Å². The molecule has 0 N–H and O–H groups in total. The molecule has 270 valence electrons. The summed E-state index contributed by atoms with van der Waals surface area (Å²) >= 11 is 0. The molecule has 2 heteroatoms. The van der Waals surface area contributed by atoms with Crippen molar-refractivity contribution < 1.29 is 0 Å². The van der Waals surface area contributed by atoms with E-state index in [0.29, 0.717) is 0 Å². The number of aryl methyl sites for hydroxylation is 4. The van der Waals surface area contributed by atoms with Crippen molar-refractivity contribution in [1.82, 2.24) is 0 Å². The van der Waals surface area contributed by atoms with Crippen LogP contribution in [0.3, 0.4) is 0 Å². The van der Waals surface area contributed by atoms with Crippen molar-refractivity contribution in [1.29, 1.82) is 0 Å². The first-order valence-electron chi connectivity index (χ1n) is 19.4. The zero-order chi connectivity index (χ0) is 38.1. The fourth-order valence-electron chi connectivity index (χ4n) is 8.20. The average Bonchev–Trinajstić information content (AvgIpc) is 3.13. The smallest absolute Gasteiger partial charge is 0.0543 e. The first-order chi connectivity index (χ1) is 25.7. The summed E-state index contributed by atoms with van der Waals surface area (Å²) in [6, 6.07) is 50.5. The van der Waals surface area contributed by atoms with E-state index in [2.05, 4.69) is 212 Å². The van der Waals surface area contributed by atoms with Gasteiger partial charge in [-0.2, -0.15) is 0 Å². The Bertz CT molecular complexity index is 2520. The molecule has 0 fully saturated rings. The van der Waals surface area contributed by atoms with Crippen molar-refractivity contribution in [2.24, 2.45) is 0 Å². The highest BCUT2D eigenvalue weighted by molar-refractivity contribution is 6.29. The van der Waals surface area contributed by atoms with Gasteiger partial charge in [-0.25, -0.2) is 0 Å². The van der Waals surface area contributed by atoms with Crippen molar-refractivity contribution in [2.75, 3.05) is 9.80 Å². The fourth-order valence-corrected chi connectivity index (χ4v) is 8.20. The molecule has 0 amide bonds. The second-order valence-electron chi connectivity index (χ2n) is 17.5. The van der Waals surface area contributed by atoms with E-state index in [1.54, 1.807) is 0 Å². The Morgan fingerprint density at radius 1 is 0.315 bits per heavy atom. The van der Waals surface area contributed by atoms with Gasteiger partial charge in [-0.05, 0) is 138 Å². The summed E-state index contributed by atoms with van der Waals surface area (Å²) in [5, 5.41) is 7.83. The van der Waals surface area contributed by atoms with E-state index in [-0.39, 0.29) is 10.8 Å². The van der Waals surface area contributed by atoms with Crippen LogP contribution in [-0.4, -0.2) is 0 Å². The fraction of sp³-hybridized carbons (Fsp3) is 0.231. The molecular weight excluding hydrogens is 653 g/mol. The van der Waals surface area contributed by atoms with Gasteiger partial charge in [-0.15, -0.1) is 0 Å². The number of rotatable bonds is 6. The normalized spacial score (nSPS) is 12.3. The summed E-state index contributed by atoms with van der Waals surface area (Å²) in [5.74, 6) is 0. The molecule has 0 spiro atoms. The molecule has 0 atom stereocenters. The summed E-state index contributed by atoms with van der Waals surface area (Å²) in [6.45, 7) is 22.8. The number of nitrogens with zero attached hydrogens (tertiary/aromatic N) is 2. The molecule has 0 aliphatic heterocycles. The van der Waals surface area contributed by atoms with Crippen LogP contribution in [0.2, 0.25) is 0 Å². The molecular formula is C52H52N2. The van der Waals surface area contributed by atoms with E-state index in [1.807, 2.05) is 0 Å². The van der Waals surface area contributed by atoms with E-state index < -0.39 is 0 Å². The van der Waals surface area contributed by atoms with E-state index >= 15 is 0 Å². The van der Waals surface area contributed by atoms with Crippen LogP contribution in [0.15, 0.2) is 133 Å². The lowest BCUT2D eigenvalue weighted by atomic mass is 9.76. The minimum absolute atomic E-state index is 0.0968. The van der Waals surface area contributed by atoms with Gasteiger partial charge >= 0.3 is 0 Å². The lowest BCUT2D eigenvalue weighted by Crippen LogP contribution is -2.17. The van der Waals surface area contributed by atoms with Crippen LogP contribution in [0.25, 0.3) is 32.3 Å². The quantitative estimate of drug-likeness (QED) is 0.159. The maximum atomic E-state index is 2.51. The lowest BCUT2D eigenvalue weighted by Gasteiger charge is -2.33. The topological polar surface area (TPSA) is 6.48 Å². The molecule has 0 heterocycles. The van der Waals surface area contributed by atoms with Crippen LogP contribution in [0.5, 0.6) is 0 Å². The standard InChI is InChI=1S/C52H52N2/c1-33-11-19-37(20-12-33)53(38-21-13-34(2)14-22-38)47-30-29-42-45(51(5,6)7)31-44-48(32-46(52(8,9)10)41-27-28-43(47)49(42)50(41)44)54(39-23-15-35(3)16-24-39)40-25-17-36(4)18-26-40/h11-32H,1-10H3. The lowest BCUT2D eigenvalue weighted by molar-refractivity contribution is 0.595. The van der Waals surface area contributed by atoms with Crippen molar-refractivity contribution in [3.8, 4) is 0 Å². The number of hydrogen-bond acceptors (Lipinski definition) is 2. The van der Waals surface area contributed by atoms with Crippen LogP contribution in [-0.2, 0) is 10.8 Å². The molecule has 0 bridgehead atoms. The molecule has 0 aliphatic rings. The van der Waals surface area contributed by atoms with Crippen LogP contribution in [0, 0.1) is 27.7 Å². The number of anilines is 6. The van der Waals surface area contributed by atoms with Gasteiger partial charge < -0.3 is 9.80 Å². The molecule has 0 saturated heterocycles. The Hall–Kier alpha value is -5.60. The van der Waals surface area contributed by atoms with Crippen LogP contribution >= 0.6 is 0 Å². The minimum atomic E-state index is -0.102. The van der Waals surface area contributed by atoms with Crippen LogP contribution in [0.4, 0.5) is 34.1 Å². The van der Waals surface area contributed by atoms with Crippen molar-refractivity contribution in [2.45, 2.75) is 80.1 Å². The maximum absolute atomic E-state index is 2.51. The molecule has 54 heavy (non-hydrogen) atoms. The minimum Gasteiger partial charge on any atom is -0.310 e. The third-order valence-electron chi connectivity index (χ3n) is 11.1. The van der Waals surface area contributed by atoms with Gasteiger partial charge in [0.1, 0.15) is 0 Å². The second kappa shape index (κ2) is 13.1. The molecule has 8 rings (SSSR count). The predicted molar refractivity (Wildman–Crippen MR) is 236 cm³/mol. The highest BCUT2D eigenvalue weighted by Gasteiger charge is 2.29. The average molecular weight is 705 g/mol. The molecule has 0 saturated carbocycles. The van der Waals surface area contributed by atoms with Gasteiger partial charge in [0.25, 0.3) is 0 Å². The second-order valence-corrected chi connectivity index (χ2v) is 17.5. The highest BCUT2D eigenvalue weighted by atomic mass is 15.1. The van der Waals surface area contributed by atoms with E-state index in [4.69, 9.17) is 0 Å². The van der Waals surface area contributed by atoms with Gasteiger partial charge in [0.05, 0.1) is 11.4 Å². The van der Waals surface area contributed by atoms with E-state index in [1.165, 1.54) is 77.1 Å². The van der Waals surface area contributed by atoms with Crippen LogP contribution < -0.4 is 9.80 Å². The molecule has 0 aromatic heterocycles. The maximum Gasteiger partial charge on any atom is 0.0543 e. The number of hydrogen-bond donors (Lipinski definition) is 0. The van der Waals surface area contributed by atoms with E-state index in [9.17, 15) is 0 Å². The summed E-state index contributed by atoms with van der Waals surface area (Å²) in [4.78, 5) is 4.93. The SMILES string of the molecule is Cc1ccc(N(c2ccc(C)cc2)c2ccc3c(C(C)(C)C)cc4c(N(c5ccc(C)cc5)c5ccc(C)cc5)cc(C(C)(C)C)c5ccc2c3c45)cc1. The Morgan fingerprint density at radius 3 is 1.02 bits per heavy atom. The Morgan fingerprint density at radius 2 is 0.630 bits per heavy atom. The zero-order valence-corrected chi connectivity index (χ0v) is 33.6. The summed E-state index contributed by atoms with van der Waals surface area (Å²) in [6.07, 6.45) is 0. The third-order valence-corrected chi connectivity index (χ3v) is 11.1. The molecule has 2 nitrogen and oxygen atoms in total. The van der Waals surface area contributed by atoms with Gasteiger partial charge in [0.2, 0.25) is 0 Å². The van der Waals surface area contributed by atoms with Gasteiger partial charge in [0, 0.05) is 33.5 Å². The monoisotopic (exact) mass is 704 g/mol. The van der Waals surface area contributed by atoms with Crippen LogP contribution in [0.1, 0.15) is 74.9 Å². The van der Waals surface area contributed by atoms with Crippen molar-refractivity contribution in [3.05, 3.63) is 167 Å². The molecule has 0 aliphatic carbocycles. The number of benzene rings is 8. The van der Waals surface area contributed by atoms with Crippen molar-refractivity contribution in [3.63, 3.8) is 0 Å². The Labute approximate surface area is 322 Å². The largest absolute Gasteiger partial charge is 0.310 e. The molecule has 0 radical (unpaired) electrons. The summed E-state index contributed by atoms with van der Waals surface area (Å²) in [5.41, 5.74) is 14.5. The van der Waals surface area contributed by atoms with Gasteiger partial charge in [-0.3, -0.25) is 0 Å². The first-order valence-corrected chi connectivity index (χ1v) is 19.4. The van der Waals surface area contributed by atoms with E-state index in [0.717, 1.165) is 22.7 Å².